The van der Waals surface area contributed by atoms with Gasteiger partial charge in [-0.15, -0.1) is 0 Å². The molecule has 2 aliphatic rings. The number of ether oxygens (including phenoxy) is 1. The molecular formula is C18H21N5O4S2. The highest BCUT2D eigenvalue weighted by Crippen LogP contribution is 2.32. The van der Waals surface area contributed by atoms with Crippen molar-refractivity contribution >= 4 is 32.8 Å². The van der Waals surface area contributed by atoms with Gasteiger partial charge in [0.05, 0.1) is 24.3 Å². The van der Waals surface area contributed by atoms with Crippen molar-refractivity contribution in [2.45, 2.75) is 36.5 Å². The Labute approximate surface area is 172 Å². The van der Waals surface area contributed by atoms with Crippen LogP contribution in [0.2, 0.25) is 0 Å². The average molecular weight is 436 g/mol. The number of hydrogen-bond donors (Lipinski definition) is 0. The van der Waals surface area contributed by atoms with Gasteiger partial charge in [-0.05, 0) is 37.3 Å². The molecule has 1 saturated heterocycles. The van der Waals surface area contributed by atoms with Crippen LogP contribution >= 0.6 is 11.7 Å². The Bertz CT molecular complexity index is 1110. The Morgan fingerprint density at radius 1 is 1.24 bits per heavy atom. The van der Waals surface area contributed by atoms with Crippen LogP contribution in [0.1, 0.15) is 36.9 Å². The molecule has 11 heteroatoms. The molecule has 1 aliphatic heterocycles. The van der Waals surface area contributed by atoms with E-state index >= 15 is 0 Å². The minimum atomic E-state index is -3.66. The smallest absolute Gasteiger partial charge is 0.245 e. The van der Waals surface area contributed by atoms with Crippen LogP contribution in [0.4, 0.5) is 0 Å². The Morgan fingerprint density at radius 2 is 2.14 bits per heavy atom. The summed E-state index contributed by atoms with van der Waals surface area (Å²) in [5.74, 6) is 1.73. The molecule has 29 heavy (non-hydrogen) atoms. The fourth-order valence-electron chi connectivity index (χ4n) is 3.51. The van der Waals surface area contributed by atoms with E-state index < -0.39 is 10.0 Å². The summed E-state index contributed by atoms with van der Waals surface area (Å²) in [6.07, 6.45) is 3.77. The Hall–Kier alpha value is -1.95. The van der Waals surface area contributed by atoms with Crippen LogP contribution in [0, 0.1) is 5.92 Å². The maximum absolute atomic E-state index is 13.1. The largest absolute Gasteiger partial charge is 0.381 e. The van der Waals surface area contributed by atoms with E-state index in [0.29, 0.717) is 55.3 Å². The Morgan fingerprint density at radius 3 is 3.00 bits per heavy atom. The van der Waals surface area contributed by atoms with Crippen molar-refractivity contribution in [1.29, 1.82) is 0 Å². The summed E-state index contributed by atoms with van der Waals surface area (Å²) in [5, 5.41) is 4.02. The number of hydrogen-bond acceptors (Lipinski definition) is 9. The lowest BCUT2D eigenvalue weighted by atomic mass is 10.1. The number of fused-ring (bicyclic) bond motifs is 1. The van der Waals surface area contributed by atoms with Gasteiger partial charge in [0.2, 0.25) is 15.9 Å². The van der Waals surface area contributed by atoms with Crippen LogP contribution in [-0.2, 0) is 21.2 Å². The van der Waals surface area contributed by atoms with Crippen molar-refractivity contribution < 1.29 is 17.7 Å². The van der Waals surface area contributed by atoms with E-state index in [0.717, 1.165) is 24.3 Å². The van der Waals surface area contributed by atoms with Crippen molar-refractivity contribution in [3.8, 4) is 0 Å². The van der Waals surface area contributed by atoms with Crippen LogP contribution in [0.15, 0.2) is 27.6 Å². The lowest BCUT2D eigenvalue weighted by Gasteiger charge is -2.16. The number of benzene rings is 1. The fourth-order valence-corrected chi connectivity index (χ4v) is 5.76. The molecule has 3 heterocycles. The quantitative estimate of drug-likeness (QED) is 0.495. The first-order chi connectivity index (χ1) is 14.1. The van der Waals surface area contributed by atoms with E-state index in [1.165, 1.54) is 17.1 Å². The summed E-state index contributed by atoms with van der Waals surface area (Å²) in [4.78, 5) is 4.65. The molecule has 1 saturated carbocycles. The summed E-state index contributed by atoms with van der Waals surface area (Å²) in [7, 11) is -3.66. The molecule has 154 valence electrons. The molecule has 0 bridgehead atoms. The Balaban J connectivity index is 1.24. The van der Waals surface area contributed by atoms with Gasteiger partial charge in [-0.25, -0.2) is 8.42 Å². The average Bonchev–Trinajstić information content (AvgIpc) is 3.14. The number of aromatic nitrogens is 4. The van der Waals surface area contributed by atoms with Crippen molar-refractivity contribution in [2.24, 2.45) is 5.92 Å². The fraction of sp³-hybridized carbons (Fsp3) is 0.556. The zero-order valence-electron chi connectivity index (χ0n) is 15.7. The molecule has 5 rings (SSSR count). The summed E-state index contributed by atoms with van der Waals surface area (Å²) < 4.78 is 47.1. The summed E-state index contributed by atoms with van der Waals surface area (Å²) >= 11 is 1.01. The molecule has 0 radical (unpaired) electrons. The van der Waals surface area contributed by atoms with Crippen LogP contribution in [-0.4, -0.2) is 57.9 Å². The van der Waals surface area contributed by atoms with Crippen molar-refractivity contribution in [3.63, 3.8) is 0 Å². The number of sulfonamides is 1. The van der Waals surface area contributed by atoms with E-state index in [1.807, 2.05) is 0 Å². The molecule has 1 aromatic carbocycles. The minimum absolute atomic E-state index is 0.105. The molecule has 9 nitrogen and oxygen atoms in total. The van der Waals surface area contributed by atoms with Crippen LogP contribution in [0.25, 0.3) is 11.0 Å². The highest BCUT2D eigenvalue weighted by Gasteiger charge is 2.37. The zero-order valence-corrected chi connectivity index (χ0v) is 17.4. The normalized spacial score (nSPS) is 20.6. The van der Waals surface area contributed by atoms with Gasteiger partial charge in [0.25, 0.3) is 0 Å². The molecule has 2 fully saturated rings. The van der Waals surface area contributed by atoms with E-state index in [-0.39, 0.29) is 10.8 Å². The third kappa shape index (κ3) is 3.91. The predicted molar refractivity (Wildman–Crippen MR) is 105 cm³/mol. The van der Waals surface area contributed by atoms with E-state index in [1.54, 1.807) is 18.2 Å². The number of rotatable bonds is 8. The van der Waals surface area contributed by atoms with Gasteiger partial charge >= 0.3 is 0 Å². The van der Waals surface area contributed by atoms with Gasteiger partial charge in [-0.2, -0.15) is 18.0 Å². The minimum Gasteiger partial charge on any atom is -0.381 e. The van der Waals surface area contributed by atoms with Gasteiger partial charge in [0, 0.05) is 26.1 Å². The van der Waals surface area contributed by atoms with Crippen LogP contribution < -0.4 is 0 Å². The third-order valence-corrected chi connectivity index (χ3v) is 7.81. The molecule has 1 atom stereocenters. The summed E-state index contributed by atoms with van der Waals surface area (Å²) in [5.41, 5.74) is 1.02. The maximum atomic E-state index is 13.1. The Kier molecular flexibility index (Phi) is 5.06. The van der Waals surface area contributed by atoms with Gasteiger partial charge in [-0.1, -0.05) is 11.2 Å². The monoisotopic (exact) mass is 435 g/mol. The molecule has 3 aromatic rings. The second kappa shape index (κ2) is 7.71. The van der Waals surface area contributed by atoms with E-state index in [2.05, 4.69) is 18.9 Å². The van der Waals surface area contributed by atoms with E-state index in [4.69, 9.17) is 9.26 Å². The highest BCUT2D eigenvalue weighted by molar-refractivity contribution is 7.89. The highest BCUT2D eigenvalue weighted by atomic mass is 32.2. The zero-order chi connectivity index (χ0) is 19.8. The maximum Gasteiger partial charge on any atom is 0.245 e. The first-order valence-electron chi connectivity index (χ1n) is 9.73. The van der Waals surface area contributed by atoms with Crippen molar-refractivity contribution in [1.82, 2.24) is 23.2 Å². The second-order valence-electron chi connectivity index (χ2n) is 7.55. The van der Waals surface area contributed by atoms with Gasteiger partial charge < -0.3 is 9.26 Å². The van der Waals surface area contributed by atoms with E-state index in [9.17, 15) is 8.42 Å². The lowest BCUT2D eigenvalue weighted by Crippen LogP contribution is -2.29. The lowest BCUT2D eigenvalue weighted by molar-refractivity contribution is 0.125. The third-order valence-electron chi connectivity index (χ3n) is 5.37. The first kappa shape index (κ1) is 19.0. The van der Waals surface area contributed by atoms with Gasteiger partial charge in [-0.3, -0.25) is 0 Å². The second-order valence-corrected chi connectivity index (χ2v) is 9.99. The van der Waals surface area contributed by atoms with Crippen LogP contribution in [0.3, 0.4) is 0 Å². The molecule has 1 aliphatic carbocycles. The molecule has 0 N–H and O–H groups in total. The molecule has 0 spiro atoms. The first-order valence-corrected chi connectivity index (χ1v) is 11.9. The predicted octanol–water partition coefficient (Wildman–Crippen LogP) is 2.22. The molecular weight excluding hydrogens is 414 g/mol. The molecule has 1 unspecified atom stereocenters. The van der Waals surface area contributed by atoms with Crippen LogP contribution in [0.5, 0.6) is 0 Å². The van der Waals surface area contributed by atoms with Crippen molar-refractivity contribution in [3.05, 3.63) is 29.9 Å². The van der Waals surface area contributed by atoms with Gasteiger partial charge in [0.1, 0.15) is 15.9 Å². The summed E-state index contributed by atoms with van der Waals surface area (Å²) in [6.45, 7) is 2.10. The van der Waals surface area contributed by atoms with Gasteiger partial charge in [0.15, 0.2) is 5.82 Å². The molecule has 0 amide bonds. The topological polar surface area (TPSA) is 111 Å². The van der Waals surface area contributed by atoms with Crippen molar-refractivity contribution in [2.75, 3.05) is 26.3 Å². The standard InChI is InChI=1S/C18H21N5O4S2/c24-29(25,15-3-1-2-14-17(15)22-28-21-14)23-8-6-13(10-23)18-19-16(20-27-18)7-9-26-11-12-4-5-12/h1-3,12-13H,4-11H2. The summed E-state index contributed by atoms with van der Waals surface area (Å²) in [6, 6.07) is 5.04. The SMILES string of the molecule is O=S(=O)(c1cccc2nsnc12)N1CCC(c2nc(CCOCC3CC3)no2)C1. The molecule has 2 aromatic heterocycles. The number of nitrogens with zero attached hydrogens (tertiary/aromatic N) is 5.